The van der Waals surface area contributed by atoms with Gasteiger partial charge in [-0.15, -0.1) is 5.10 Å². The van der Waals surface area contributed by atoms with E-state index in [0.717, 1.165) is 11.3 Å². The van der Waals surface area contributed by atoms with Gasteiger partial charge in [0.15, 0.2) is 0 Å². The Morgan fingerprint density at radius 3 is 2.58 bits per heavy atom. The fourth-order valence-corrected chi connectivity index (χ4v) is 3.04. The highest BCUT2D eigenvalue weighted by molar-refractivity contribution is 5.76. The predicted molar refractivity (Wildman–Crippen MR) is 98.5 cm³/mol. The summed E-state index contributed by atoms with van der Waals surface area (Å²) < 4.78 is 11.0. The van der Waals surface area contributed by atoms with Crippen molar-refractivity contribution < 1.29 is 13.9 Å². The fourth-order valence-electron chi connectivity index (χ4n) is 3.04. The van der Waals surface area contributed by atoms with Gasteiger partial charge in [-0.3, -0.25) is 4.79 Å². The summed E-state index contributed by atoms with van der Waals surface area (Å²) in [4.78, 5) is 16.5. The number of benzene rings is 1. The number of piperazine rings is 1. The van der Waals surface area contributed by atoms with Gasteiger partial charge in [0.05, 0.1) is 7.11 Å². The molecule has 2 heterocycles. The van der Waals surface area contributed by atoms with Crippen LogP contribution in [0.5, 0.6) is 5.75 Å². The number of para-hydroxylation sites is 1. The van der Waals surface area contributed by atoms with E-state index in [4.69, 9.17) is 9.15 Å². The molecule has 2 aromatic rings. The number of rotatable bonds is 6. The fraction of sp³-hybridized carbons (Fsp3) is 0.526. The third-order valence-corrected chi connectivity index (χ3v) is 4.63. The van der Waals surface area contributed by atoms with E-state index in [-0.39, 0.29) is 11.8 Å². The molecule has 3 rings (SSSR count). The summed E-state index contributed by atoms with van der Waals surface area (Å²) in [6, 6.07) is 8.39. The lowest BCUT2D eigenvalue weighted by Gasteiger charge is -2.33. The molecular formula is C19H26N4O3. The second kappa shape index (κ2) is 8.21. The first-order valence-electron chi connectivity index (χ1n) is 9.06. The number of carbonyl (C=O) groups is 1. The molecule has 7 nitrogen and oxygen atoms in total. The monoisotopic (exact) mass is 358 g/mol. The summed E-state index contributed by atoms with van der Waals surface area (Å²) >= 11 is 0. The highest BCUT2D eigenvalue weighted by Crippen LogP contribution is 2.21. The Bertz CT molecular complexity index is 736. The topological polar surface area (TPSA) is 71.7 Å². The normalized spacial score (nSPS) is 14.8. The maximum Gasteiger partial charge on any atom is 0.318 e. The van der Waals surface area contributed by atoms with Crippen LogP contribution in [0.2, 0.25) is 0 Å². The van der Waals surface area contributed by atoms with Gasteiger partial charge >= 0.3 is 6.01 Å². The summed E-state index contributed by atoms with van der Waals surface area (Å²) in [5.41, 5.74) is 1.06. The first-order valence-corrected chi connectivity index (χ1v) is 9.06. The maximum atomic E-state index is 12.5. The number of ether oxygens (including phenoxy) is 1. The van der Waals surface area contributed by atoms with E-state index in [9.17, 15) is 4.79 Å². The van der Waals surface area contributed by atoms with Crippen molar-refractivity contribution >= 4 is 11.9 Å². The van der Waals surface area contributed by atoms with Crippen molar-refractivity contribution in [3.63, 3.8) is 0 Å². The minimum Gasteiger partial charge on any atom is -0.496 e. The van der Waals surface area contributed by atoms with Crippen molar-refractivity contribution in [2.24, 2.45) is 0 Å². The maximum absolute atomic E-state index is 12.5. The molecule has 0 aliphatic carbocycles. The quantitative estimate of drug-likeness (QED) is 0.790. The minimum atomic E-state index is 0.170. The van der Waals surface area contributed by atoms with E-state index >= 15 is 0 Å². The van der Waals surface area contributed by atoms with Crippen molar-refractivity contribution in [3.05, 3.63) is 35.7 Å². The molecule has 1 amide bonds. The van der Waals surface area contributed by atoms with Gasteiger partial charge in [-0.2, -0.15) is 0 Å². The van der Waals surface area contributed by atoms with Crippen LogP contribution in [0.3, 0.4) is 0 Å². The average molecular weight is 358 g/mol. The van der Waals surface area contributed by atoms with Crippen LogP contribution in [-0.2, 0) is 11.2 Å². The van der Waals surface area contributed by atoms with Crippen LogP contribution in [0.4, 0.5) is 6.01 Å². The zero-order valence-corrected chi connectivity index (χ0v) is 15.6. The number of nitrogens with zero attached hydrogens (tertiary/aromatic N) is 4. The van der Waals surface area contributed by atoms with E-state index in [1.54, 1.807) is 7.11 Å². The van der Waals surface area contributed by atoms with Crippen LogP contribution in [0, 0.1) is 0 Å². The Morgan fingerprint density at radius 1 is 1.19 bits per heavy atom. The number of carbonyl (C=O) groups excluding carboxylic acids is 1. The Balaban J connectivity index is 1.50. The summed E-state index contributed by atoms with van der Waals surface area (Å²) in [7, 11) is 1.65. The predicted octanol–water partition coefficient (Wildman–Crippen LogP) is 2.48. The third-order valence-electron chi connectivity index (χ3n) is 4.63. The highest BCUT2D eigenvalue weighted by atomic mass is 16.5. The summed E-state index contributed by atoms with van der Waals surface area (Å²) in [6.45, 7) is 6.81. The molecule has 0 saturated carbocycles. The van der Waals surface area contributed by atoms with Gasteiger partial charge in [0.2, 0.25) is 11.8 Å². The lowest BCUT2D eigenvalue weighted by molar-refractivity contribution is -0.131. The molecule has 0 radical (unpaired) electrons. The molecule has 1 aromatic carbocycles. The average Bonchev–Trinajstić information content (AvgIpc) is 3.17. The first kappa shape index (κ1) is 18.2. The van der Waals surface area contributed by atoms with Crippen molar-refractivity contribution in [3.8, 4) is 5.75 Å². The first-order chi connectivity index (χ1) is 12.6. The van der Waals surface area contributed by atoms with E-state index < -0.39 is 0 Å². The van der Waals surface area contributed by atoms with Gasteiger partial charge in [0.1, 0.15) is 5.75 Å². The van der Waals surface area contributed by atoms with Crippen LogP contribution in [0.15, 0.2) is 28.7 Å². The van der Waals surface area contributed by atoms with Crippen molar-refractivity contribution in [2.45, 2.75) is 32.6 Å². The van der Waals surface area contributed by atoms with E-state index in [0.29, 0.717) is 50.9 Å². The van der Waals surface area contributed by atoms with Crippen molar-refractivity contribution in [1.29, 1.82) is 0 Å². The molecular weight excluding hydrogens is 332 g/mol. The zero-order valence-electron chi connectivity index (χ0n) is 15.6. The second-order valence-corrected chi connectivity index (χ2v) is 6.76. The van der Waals surface area contributed by atoms with Gasteiger partial charge in [0.25, 0.3) is 0 Å². The van der Waals surface area contributed by atoms with Crippen LogP contribution >= 0.6 is 0 Å². The molecule has 0 bridgehead atoms. The number of amides is 1. The summed E-state index contributed by atoms with van der Waals surface area (Å²) in [5, 5.41) is 8.19. The highest BCUT2D eigenvalue weighted by Gasteiger charge is 2.24. The molecule has 1 fully saturated rings. The van der Waals surface area contributed by atoms with Crippen molar-refractivity contribution in [2.75, 3.05) is 38.2 Å². The number of hydrogen-bond donors (Lipinski definition) is 0. The molecule has 1 aromatic heterocycles. The molecule has 7 heteroatoms. The second-order valence-electron chi connectivity index (χ2n) is 6.76. The van der Waals surface area contributed by atoms with Crippen LogP contribution < -0.4 is 9.64 Å². The minimum absolute atomic E-state index is 0.170. The number of aromatic nitrogens is 2. The Labute approximate surface area is 153 Å². The Kier molecular flexibility index (Phi) is 5.75. The number of methoxy groups -OCH3 is 1. The van der Waals surface area contributed by atoms with Crippen LogP contribution in [-0.4, -0.2) is 54.3 Å². The smallest absolute Gasteiger partial charge is 0.318 e. The van der Waals surface area contributed by atoms with E-state index in [2.05, 4.69) is 10.2 Å². The van der Waals surface area contributed by atoms with E-state index in [1.165, 1.54) is 0 Å². The number of anilines is 1. The lowest BCUT2D eigenvalue weighted by Crippen LogP contribution is -2.49. The SMILES string of the molecule is COc1ccccc1CCC(=O)N1CCN(c2nnc(C(C)C)o2)CC1. The molecule has 0 N–H and O–H groups in total. The number of hydrogen-bond acceptors (Lipinski definition) is 6. The van der Waals surface area contributed by atoms with Crippen molar-refractivity contribution in [1.82, 2.24) is 15.1 Å². The van der Waals surface area contributed by atoms with Gasteiger partial charge in [0, 0.05) is 38.5 Å². The standard InChI is InChI=1S/C19H26N4O3/c1-14(2)18-20-21-19(26-18)23-12-10-22(11-13-23)17(24)9-8-15-6-4-5-7-16(15)25-3/h4-7,14H,8-13H2,1-3H3. The van der Waals surface area contributed by atoms with Gasteiger partial charge in [-0.25, -0.2) is 0 Å². The lowest BCUT2D eigenvalue weighted by atomic mass is 10.1. The van der Waals surface area contributed by atoms with E-state index in [1.807, 2.05) is 47.9 Å². The Morgan fingerprint density at radius 2 is 1.92 bits per heavy atom. The zero-order chi connectivity index (χ0) is 18.5. The largest absolute Gasteiger partial charge is 0.496 e. The van der Waals surface area contributed by atoms with Crippen LogP contribution in [0.25, 0.3) is 0 Å². The molecule has 1 aliphatic heterocycles. The molecule has 26 heavy (non-hydrogen) atoms. The molecule has 1 aliphatic rings. The Hall–Kier alpha value is -2.57. The third kappa shape index (κ3) is 4.15. The van der Waals surface area contributed by atoms with Gasteiger partial charge < -0.3 is 19.0 Å². The van der Waals surface area contributed by atoms with Gasteiger partial charge in [-0.1, -0.05) is 37.1 Å². The molecule has 0 atom stereocenters. The summed E-state index contributed by atoms with van der Waals surface area (Å²) in [6.07, 6.45) is 1.17. The molecule has 1 saturated heterocycles. The molecule has 0 spiro atoms. The molecule has 140 valence electrons. The van der Waals surface area contributed by atoms with Crippen LogP contribution in [0.1, 0.15) is 37.6 Å². The van der Waals surface area contributed by atoms with Gasteiger partial charge in [-0.05, 0) is 18.1 Å². The summed E-state index contributed by atoms with van der Waals surface area (Å²) in [5.74, 6) is 1.87. The number of aryl methyl sites for hydroxylation is 1. The molecule has 0 unspecified atom stereocenters.